The Morgan fingerprint density at radius 1 is 1.30 bits per heavy atom. The third-order valence-electron chi connectivity index (χ3n) is 4.38. The molecule has 0 radical (unpaired) electrons. The fraction of sp³-hybridized carbons (Fsp3) is 0.600. The first-order valence-corrected chi connectivity index (χ1v) is 8.04. The highest BCUT2D eigenvalue weighted by Crippen LogP contribution is 2.37. The topological polar surface area (TPSA) is 15.3 Å². The van der Waals surface area contributed by atoms with Crippen molar-refractivity contribution in [2.24, 2.45) is 5.92 Å². The number of anilines is 1. The lowest BCUT2D eigenvalue weighted by Gasteiger charge is -2.42. The van der Waals surface area contributed by atoms with Gasteiger partial charge < -0.3 is 10.2 Å². The molecular formula is C15H19BrF2N2. The van der Waals surface area contributed by atoms with Crippen LogP contribution >= 0.6 is 15.9 Å². The number of rotatable bonds is 3. The number of halogens is 3. The van der Waals surface area contributed by atoms with Crippen LogP contribution in [-0.4, -0.2) is 25.2 Å². The van der Waals surface area contributed by atoms with E-state index in [-0.39, 0.29) is 11.7 Å². The number of benzene rings is 1. The van der Waals surface area contributed by atoms with Gasteiger partial charge in [-0.05, 0) is 37.3 Å². The van der Waals surface area contributed by atoms with E-state index >= 15 is 0 Å². The summed E-state index contributed by atoms with van der Waals surface area (Å²) in [5.41, 5.74) is 0.132. The molecule has 2 aliphatic rings. The number of hydrogen-bond acceptors (Lipinski definition) is 2. The largest absolute Gasteiger partial charge is 0.361 e. The molecule has 5 heteroatoms. The highest BCUT2D eigenvalue weighted by molar-refractivity contribution is 9.10. The second kappa shape index (κ2) is 5.60. The molecule has 1 N–H and O–H groups in total. The molecular weight excluding hydrogens is 326 g/mol. The van der Waals surface area contributed by atoms with Gasteiger partial charge in [-0.25, -0.2) is 8.78 Å². The molecule has 0 amide bonds. The lowest BCUT2D eigenvalue weighted by Crippen LogP contribution is -2.57. The molecule has 2 atom stereocenters. The van der Waals surface area contributed by atoms with Crippen LogP contribution in [0.5, 0.6) is 0 Å². The van der Waals surface area contributed by atoms with Crippen LogP contribution in [0.4, 0.5) is 14.5 Å². The van der Waals surface area contributed by atoms with Crippen LogP contribution in [0.2, 0.25) is 0 Å². The van der Waals surface area contributed by atoms with Gasteiger partial charge in [0.05, 0.1) is 0 Å². The van der Waals surface area contributed by atoms with Gasteiger partial charge in [0.2, 0.25) is 0 Å². The third kappa shape index (κ3) is 2.70. The molecule has 1 aromatic carbocycles. The SMILES string of the molecule is CCC1CNC(C2CC2)CN1c1c(F)cc(Br)cc1F. The van der Waals surface area contributed by atoms with E-state index in [1.54, 1.807) is 0 Å². The summed E-state index contributed by atoms with van der Waals surface area (Å²) in [4.78, 5) is 1.93. The Morgan fingerprint density at radius 3 is 2.50 bits per heavy atom. The molecule has 0 aromatic heterocycles. The van der Waals surface area contributed by atoms with Gasteiger partial charge in [-0.15, -0.1) is 0 Å². The first-order valence-electron chi connectivity index (χ1n) is 7.24. The van der Waals surface area contributed by atoms with Crippen LogP contribution in [-0.2, 0) is 0 Å². The smallest absolute Gasteiger partial charge is 0.150 e. The highest BCUT2D eigenvalue weighted by atomic mass is 79.9. The van der Waals surface area contributed by atoms with E-state index in [0.29, 0.717) is 23.0 Å². The molecule has 1 aromatic rings. The van der Waals surface area contributed by atoms with Crippen molar-refractivity contribution in [2.45, 2.75) is 38.3 Å². The van der Waals surface area contributed by atoms with Gasteiger partial charge in [0, 0.05) is 29.6 Å². The fourth-order valence-electron chi connectivity index (χ4n) is 3.09. The average Bonchev–Trinajstić information content (AvgIpc) is 3.21. The van der Waals surface area contributed by atoms with Crippen LogP contribution in [0.1, 0.15) is 26.2 Å². The maximum atomic E-state index is 14.2. The van der Waals surface area contributed by atoms with E-state index in [0.717, 1.165) is 13.0 Å². The minimum atomic E-state index is -0.480. The Kier molecular flexibility index (Phi) is 4.00. The summed E-state index contributed by atoms with van der Waals surface area (Å²) >= 11 is 3.14. The summed E-state index contributed by atoms with van der Waals surface area (Å²) in [5.74, 6) is -0.282. The van der Waals surface area contributed by atoms with Crippen molar-refractivity contribution >= 4 is 21.6 Å². The molecule has 1 heterocycles. The first kappa shape index (κ1) is 14.3. The van der Waals surface area contributed by atoms with Crippen molar-refractivity contribution in [1.82, 2.24) is 5.32 Å². The molecule has 110 valence electrons. The summed E-state index contributed by atoms with van der Waals surface area (Å²) in [6.07, 6.45) is 3.33. The maximum absolute atomic E-state index is 14.2. The zero-order chi connectivity index (χ0) is 14.3. The van der Waals surface area contributed by atoms with Crippen LogP contribution < -0.4 is 10.2 Å². The van der Waals surface area contributed by atoms with E-state index in [1.807, 2.05) is 4.90 Å². The molecule has 2 fully saturated rings. The van der Waals surface area contributed by atoms with E-state index in [2.05, 4.69) is 28.2 Å². The summed E-state index contributed by atoms with van der Waals surface area (Å²) in [7, 11) is 0. The van der Waals surface area contributed by atoms with Crippen LogP contribution in [0.3, 0.4) is 0 Å². The highest BCUT2D eigenvalue weighted by Gasteiger charge is 2.38. The Hall–Kier alpha value is -0.680. The van der Waals surface area contributed by atoms with Crippen LogP contribution in [0.15, 0.2) is 16.6 Å². The summed E-state index contributed by atoms with van der Waals surface area (Å²) < 4.78 is 28.9. The molecule has 1 aliphatic carbocycles. The quantitative estimate of drug-likeness (QED) is 0.899. The van der Waals surface area contributed by atoms with Gasteiger partial charge in [0.15, 0.2) is 11.6 Å². The van der Waals surface area contributed by atoms with E-state index in [4.69, 9.17) is 0 Å². The summed E-state index contributed by atoms with van der Waals surface area (Å²) in [5, 5.41) is 3.54. The van der Waals surface area contributed by atoms with Crippen molar-refractivity contribution in [1.29, 1.82) is 0 Å². The summed E-state index contributed by atoms with van der Waals surface area (Å²) in [6.45, 7) is 3.55. The molecule has 20 heavy (non-hydrogen) atoms. The van der Waals surface area contributed by atoms with Gasteiger partial charge in [0.1, 0.15) is 5.69 Å². The monoisotopic (exact) mass is 344 g/mol. The molecule has 0 spiro atoms. The van der Waals surface area contributed by atoms with E-state index in [9.17, 15) is 8.78 Å². The van der Waals surface area contributed by atoms with Crippen molar-refractivity contribution in [2.75, 3.05) is 18.0 Å². The Labute approximate surface area is 126 Å². The zero-order valence-corrected chi connectivity index (χ0v) is 13.1. The molecule has 2 unspecified atom stereocenters. The van der Waals surface area contributed by atoms with Gasteiger partial charge in [-0.3, -0.25) is 0 Å². The van der Waals surface area contributed by atoms with Crippen LogP contribution in [0.25, 0.3) is 0 Å². The van der Waals surface area contributed by atoms with E-state index in [1.165, 1.54) is 25.0 Å². The Balaban J connectivity index is 1.92. The molecule has 3 rings (SSSR count). The van der Waals surface area contributed by atoms with Crippen LogP contribution in [0, 0.1) is 17.6 Å². The number of piperazine rings is 1. The summed E-state index contributed by atoms with van der Waals surface area (Å²) in [6, 6.07) is 3.20. The second-order valence-electron chi connectivity index (χ2n) is 5.78. The molecule has 2 nitrogen and oxygen atoms in total. The Bertz CT molecular complexity index is 482. The number of nitrogens with one attached hydrogen (secondary N) is 1. The van der Waals surface area contributed by atoms with Gasteiger partial charge >= 0.3 is 0 Å². The van der Waals surface area contributed by atoms with Gasteiger partial charge in [0.25, 0.3) is 0 Å². The third-order valence-corrected chi connectivity index (χ3v) is 4.84. The molecule has 1 saturated carbocycles. The van der Waals surface area contributed by atoms with Gasteiger partial charge in [-0.1, -0.05) is 22.9 Å². The predicted molar refractivity (Wildman–Crippen MR) is 80.0 cm³/mol. The minimum absolute atomic E-state index is 0.132. The first-order chi connectivity index (χ1) is 9.60. The Morgan fingerprint density at radius 2 is 1.95 bits per heavy atom. The predicted octanol–water partition coefficient (Wildman–Crippen LogP) is 3.69. The standard InChI is InChI=1S/C15H19BrF2N2/c1-2-11-7-19-14(9-3-4-9)8-20(11)15-12(17)5-10(16)6-13(15)18/h5-6,9,11,14,19H,2-4,7-8H2,1H3. The maximum Gasteiger partial charge on any atom is 0.150 e. The zero-order valence-electron chi connectivity index (χ0n) is 11.5. The number of hydrogen-bond donors (Lipinski definition) is 1. The average molecular weight is 345 g/mol. The molecule has 1 saturated heterocycles. The van der Waals surface area contributed by atoms with Gasteiger partial charge in [-0.2, -0.15) is 0 Å². The second-order valence-corrected chi connectivity index (χ2v) is 6.70. The lowest BCUT2D eigenvalue weighted by atomic mass is 10.0. The van der Waals surface area contributed by atoms with E-state index < -0.39 is 11.6 Å². The lowest BCUT2D eigenvalue weighted by molar-refractivity contribution is 0.353. The molecule has 0 bridgehead atoms. The van der Waals surface area contributed by atoms with Crippen molar-refractivity contribution in [3.63, 3.8) is 0 Å². The molecule has 1 aliphatic heterocycles. The van der Waals surface area contributed by atoms with Crippen molar-refractivity contribution in [3.05, 3.63) is 28.2 Å². The normalized spacial score (nSPS) is 26.9. The number of nitrogens with zero attached hydrogens (tertiary/aromatic N) is 1. The van der Waals surface area contributed by atoms with Crippen molar-refractivity contribution < 1.29 is 8.78 Å². The fourth-order valence-corrected chi connectivity index (χ4v) is 3.49. The van der Waals surface area contributed by atoms with Crippen molar-refractivity contribution in [3.8, 4) is 0 Å². The minimum Gasteiger partial charge on any atom is -0.361 e.